The van der Waals surface area contributed by atoms with E-state index in [9.17, 15) is 9.59 Å². The maximum atomic E-state index is 12.6. The summed E-state index contributed by atoms with van der Waals surface area (Å²) in [5.41, 5.74) is 2.61. The van der Waals surface area contributed by atoms with Crippen LogP contribution in [0, 0.1) is 6.92 Å². The van der Waals surface area contributed by atoms with Crippen molar-refractivity contribution in [1.82, 2.24) is 9.78 Å². The largest absolute Gasteiger partial charge is 0.465 e. The second-order valence-corrected chi connectivity index (χ2v) is 6.70. The number of benzene rings is 1. The minimum absolute atomic E-state index is 0.313. The average Bonchev–Trinajstić information content (AvgIpc) is 3.25. The van der Waals surface area contributed by atoms with E-state index in [1.165, 1.54) is 18.4 Å². The van der Waals surface area contributed by atoms with Crippen molar-refractivity contribution in [3.63, 3.8) is 0 Å². The molecule has 1 aromatic carbocycles. The molecule has 0 saturated heterocycles. The number of anilines is 1. The second kappa shape index (κ2) is 7.53. The van der Waals surface area contributed by atoms with Gasteiger partial charge in [0.05, 0.1) is 12.8 Å². The molecular formula is C19H19N3O3S. The van der Waals surface area contributed by atoms with E-state index in [0.29, 0.717) is 22.8 Å². The van der Waals surface area contributed by atoms with Crippen LogP contribution >= 0.6 is 11.3 Å². The quantitative estimate of drug-likeness (QED) is 0.691. The molecule has 6 nitrogen and oxygen atoms in total. The lowest BCUT2D eigenvalue weighted by Gasteiger charge is -2.03. The Hall–Kier alpha value is -2.93. The Morgan fingerprint density at radius 1 is 1.23 bits per heavy atom. The normalized spacial score (nSPS) is 10.6. The third kappa shape index (κ3) is 3.52. The third-order valence-electron chi connectivity index (χ3n) is 3.92. The first-order valence-electron chi connectivity index (χ1n) is 8.16. The van der Waals surface area contributed by atoms with Gasteiger partial charge in [-0.15, -0.1) is 11.3 Å². The van der Waals surface area contributed by atoms with Crippen LogP contribution in [-0.2, 0) is 11.3 Å². The number of esters is 1. The lowest BCUT2D eigenvalue weighted by Crippen LogP contribution is -2.15. The first-order chi connectivity index (χ1) is 12.5. The van der Waals surface area contributed by atoms with E-state index in [1.807, 2.05) is 44.2 Å². The molecule has 2 aromatic heterocycles. The molecule has 0 atom stereocenters. The molecule has 0 aliphatic heterocycles. The Kier molecular flexibility index (Phi) is 5.18. The molecule has 134 valence electrons. The van der Waals surface area contributed by atoms with Crippen molar-refractivity contribution in [3.8, 4) is 10.4 Å². The summed E-state index contributed by atoms with van der Waals surface area (Å²) in [6.45, 7) is 4.54. The Morgan fingerprint density at radius 2 is 1.96 bits per heavy atom. The molecule has 0 aliphatic carbocycles. The van der Waals surface area contributed by atoms with Gasteiger partial charge < -0.3 is 10.1 Å². The van der Waals surface area contributed by atoms with Gasteiger partial charge in [-0.2, -0.15) is 5.10 Å². The molecule has 0 spiro atoms. The van der Waals surface area contributed by atoms with E-state index < -0.39 is 5.97 Å². The van der Waals surface area contributed by atoms with Gasteiger partial charge in [0.25, 0.3) is 5.91 Å². The number of ether oxygens (including phenoxy) is 1. The lowest BCUT2D eigenvalue weighted by atomic mass is 10.2. The number of amides is 1. The number of aryl methyl sites for hydroxylation is 2. The van der Waals surface area contributed by atoms with Crippen LogP contribution in [0.25, 0.3) is 10.4 Å². The highest BCUT2D eigenvalue weighted by Crippen LogP contribution is 2.35. The number of carbonyl (C=O) groups excluding carboxylic acids is 2. The highest BCUT2D eigenvalue weighted by atomic mass is 32.1. The summed E-state index contributed by atoms with van der Waals surface area (Å²) in [7, 11) is 1.32. The smallest absolute Gasteiger partial charge is 0.350 e. The van der Waals surface area contributed by atoms with Crippen molar-refractivity contribution < 1.29 is 14.3 Å². The topological polar surface area (TPSA) is 73.2 Å². The molecule has 0 aliphatic rings. The van der Waals surface area contributed by atoms with Gasteiger partial charge in [-0.25, -0.2) is 4.79 Å². The number of nitrogens with one attached hydrogen (secondary N) is 1. The van der Waals surface area contributed by atoms with Crippen molar-refractivity contribution in [2.24, 2.45) is 0 Å². The number of thiophene rings is 1. The first kappa shape index (κ1) is 17.9. The molecule has 7 heteroatoms. The van der Waals surface area contributed by atoms with Crippen LogP contribution in [-0.4, -0.2) is 28.8 Å². The zero-order valence-electron chi connectivity index (χ0n) is 14.8. The molecule has 2 heterocycles. The standard InChI is InChI=1S/C19H19N3O3S/c1-4-22-12(2)10-15(21-22)18(23)20-14-11-16(13-8-6-5-7-9-13)26-17(14)19(24)25-3/h5-11H,4H2,1-3H3,(H,20,23). The molecule has 1 amide bonds. The van der Waals surface area contributed by atoms with Crippen LogP contribution < -0.4 is 5.32 Å². The summed E-state index contributed by atoms with van der Waals surface area (Å²) < 4.78 is 6.60. The monoisotopic (exact) mass is 369 g/mol. The second-order valence-electron chi connectivity index (χ2n) is 5.65. The number of carbonyl (C=O) groups is 2. The number of methoxy groups -OCH3 is 1. The maximum absolute atomic E-state index is 12.6. The van der Waals surface area contributed by atoms with Crippen molar-refractivity contribution in [3.05, 3.63) is 58.7 Å². The van der Waals surface area contributed by atoms with E-state index in [-0.39, 0.29) is 5.91 Å². The Balaban J connectivity index is 1.93. The first-order valence-corrected chi connectivity index (χ1v) is 8.98. The van der Waals surface area contributed by atoms with E-state index in [1.54, 1.807) is 16.8 Å². The van der Waals surface area contributed by atoms with Gasteiger partial charge in [-0.3, -0.25) is 9.48 Å². The van der Waals surface area contributed by atoms with Crippen molar-refractivity contribution in [1.29, 1.82) is 0 Å². The van der Waals surface area contributed by atoms with Crippen LogP contribution in [0.15, 0.2) is 42.5 Å². The average molecular weight is 369 g/mol. The van der Waals surface area contributed by atoms with Gasteiger partial charge in [0.1, 0.15) is 4.88 Å². The fraction of sp³-hybridized carbons (Fsp3) is 0.211. The number of nitrogens with zero attached hydrogens (tertiary/aromatic N) is 2. The van der Waals surface area contributed by atoms with E-state index in [2.05, 4.69) is 10.4 Å². The van der Waals surface area contributed by atoms with Gasteiger partial charge in [0.2, 0.25) is 0 Å². The zero-order valence-corrected chi connectivity index (χ0v) is 15.6. The predicted octanol–water partition coefficient (Wildman–Crippen LogP) is 3.98. The molecule has 3 aromatic rings. The summed E-state index contributed by atoms with van der Waals surface area (Å²) in [6, 6.07) is 13.2. The zero-order chi connectivity index (χ0) is 18.7. The molecule has 0 saturated carbocycles. The van der Waals surface area contributed by atoms with Gasteiger partial charge in [0, 0.05) is 17.1 Å². The van der Waals surface area contributed by atoms with Gasteiger partial charge >= 0.3 is 5.97 Å². The lowest BCUT2D eigenvalue weighted by molar-refractivity contribution is 0.0607. The maximum Gasteiger partial charge on any atom is 0.350 e. The van der Waals surface area contributed by atoms with Crippen LogP contribution in [0.1, 0.15) is 32.8 Å². The predicted molar refractivity (Wildman–Crippen MR) is 102 cm³/mol. The molecule has 0 fully saturated rings. The van der Waals surface area contributed by atoms with Crippen LogP contribution in [0.4, 0.5) is 5.69 Å². The third-order valence-corrected chi connectivity index (χ3v) is 5.09. The Morgan fingerprint density at radius 3 is 2.58 bits per heavy atom. The molecule has 0 bridgehead atoms. The number of rotatable bonds is 5. The van der Waals surface area contributed by atoms with Crippen LogP contribution in [0.2, 0.25) is 0 Å². The summed E-state index contributed by atoms with van der Waals surface area (Å²) in [5.74, 6) is -0.842. The van der Waals surface area contributed by atoms with Gasteiger partial charge in [-0.1, -0.05) is 30.3 Å². The molecule has 3 rings (SSSR count). The van der Waals surface area contributed by atoms with Gasteiger partial charge in [0.15, 0.2) is 5.69 Å². The van der Waals surface area contributed by atoms with Crippen molar-refractivity contribution >= 4 is 28.9 Å². The SMILES string of the molecule is CCn1nc(C(=O)Nc2cc(-c3ccccc3)sc2C(=O)OC)cc1C. The summed E-state index contributed by atoms with van der Waals surface area (Å²) in [4.78, 5) is 25.9. The minimum atomic E-state index is -0.484. The molecule has 26 heavy (non-hydrogen) atoms. The Labute approximate surface area is 155 Å². The van der Waals surface area contributed by atoms with Gasteiger partial charge in [-0.05, 0) is 31.5 Å². The van der Waals surface area contributed by atoms with E-state index >= 15 is 0 Å². The van der Waals surface area contributed by atoms with Crippen LogP contribution in [0.5, 0.6) is 0 Å². The summed E-state index contributed by atoms with van der Waals surface area (Å²) in [6.07, 6.45) is 0. The number of hydrogen-bond acceptors (Lipinski definition) is 5. The summed E-state index contributed by atoms with van der Waals surface area (Å²) in [5, 5.41) is 7.07. The van der Waals surface area contributed by atoms with Crippen LogP contribution in [0.3, 0.4) is 0 Å². The van der Waals surface area contributed by atoms with Crippen molar-refractivity contribution in [2.45, 2.75) is 20.4 Å². The summed E-state index contributed by atoms with van der Waals surface area (Å²) >= 11 is 1.28. The fourth-order valence-corrected chi connectivity index (χ4v) is 3.64. The number of aromatic nitrogens is 2. The minimum Gasteiger partial charge on any atom is -0.465 e. The van der Waals surface area contributed by atoms with E-state index in [4.69, 9.17) is 4.74 Å². The molecule has 0 unspecified atom stereocenters. The molecule has 1 N–H and O–H groups in total. The molecular weight excluding hydrogens is 350 g/mol. The molecule has 0 radical (unpaired) electrons. The van der Waals surface area contributed by atoms with E-state index in [0.717, 1.165) is 16.1 Å². The highest BCUT2D eigenvalue weighted by molar-refractivity contribution is 7.18. The fourth-order valence-electron chi connectivity index (χ4n) is 2.60. The highest BCUT2D eigenvalue weighted by Gasteiger charge is 2.21. The number of hydrogen-bond donors (Lipinski definition) is 1. The Bertz CT molecular complexity index is 944. The van der Waals surface area contributed by atoms with Crippen molar-refractivity contribution in [2.75, 3.05) is 12.4 Å².